The van der Waals surface area contributed by atoms with E-state index < -0.39 is 0 Å². The third kappa shape index (κ3) is 2.16. The molecule has 21 heavy (non-hydrogen) atoms. The molecule has 0 aliphatic heterocycles. The van der Waals surface area contributed by atoms with Gasteiger partial charge in [-0.2, -0.15) is 0 Å². The van der Waals surface area contributed by atoms with Gasteiger partial charge in [0, 0.05) is 21.2 Å². The Morgan fingerprint density at radius 1 is 1.05 bits per heavy atom. The van der Waals surface area contributed by atoms with Gasteiger partial charge in [-0.3, -0.25) is 0 Å². The molecule has 2 aromatic carbocycles. The third-order valence-electron chi connectivity index (χ3n) is 4.11. The van der Waals surface area contributed by atoms with E-state index in [1.807, 2.05) is 6.07 Å². The van der Waals surface area contributed by atoms with Crippen LogP contribution < -0.4 is 5.73 Å². The second-order valence-electron chi connectivity index (χ2n) is 5.55. The number of nitrogen functional groups attached to an aromatic ring is 1. The van der Waals surface area contributed by atoms with Crippen molar-refractivity contribution in [1.82, 2.24) is 0 Å². The van der Waals surface area contributed by atoms with E-state index in [0.29, 0.717) is 0 Å². The molecule has 0 radical (unpaired) electrons. The van der Waals surface area contributed by atoms with E-state index in [0.717, 1.165) is 12.1 Å². The van der Waals surface area contributed by atoms with E-state index >= 15 is 0 Å². The summed E-state index contributed by atoms with van der Waals surface area (Å²) in [4.78, 5) is 0. The predicted octanol–water partition coefficient (Wildman–Crippen LogP) is 5.46. The molecule has 1 heterocycles. The summed E-state index contributed by atoms with van der Waals surface area (Å²) < 4.78 is 2.55. The Morgan fingerprint density at radius 2 is 1.95 bits per heavy atom. The van der Waals surface area contributed by atoms with E-state index in [4.69, 9.17) is 5.73 Å². The zero-order valence-electron chi connectivity index (χ0n) is 11.8. The molecule has 1 aliphatic carbocycles. The summed E-state index contributed by atoms with van der Waals surface area (Å²) in [5, 5.41) is 2.68. The van der Waals surface area contributed by atoms with Crippen LogP contribution in [0.25, 0.3) is 20.2 Å². The summed E-state index contributed by atoms with van der Waals surface area (Å²) in [5.41, 5.74) is 9.86. The molecule has 0 amide bonds. The van der Waals surface area contributed by atoms with Gasteiger partial charge in [-0.1, -0.05) is 42.5 Å². The Balaban J connectivity index is 1.92. The lowest BCUT2D eigenvalue weighted by Crippen LogP contribution is -1.92. The molecule has 104 valence electrons. The van der Waals surface area contributed by atoms with Crippen molar-refractivity contribution in [2.45, 2.75) is 19.3 Å². The van der Waals surface area contributed by atoms with Gasteiger partial charge in [-0.05, 0) is 42.5 Å². The first-order chi connectivity index (χ1) is 10.3. The fraction of sp³-hybridized carbons (Fsp3) is 0.158. The maximum atomic E-state index is 6.14. The van der Waals surface area contributed by atoms with Gasteiger partial charge in [0.15, 0.2) is 0 Å². The Labute approximate surface area is 128 Å². The molecule has 2 N–H and O–H groups in total. The monoisotopic (exact) mass is 291 g/mol. The lowest BCUT2D eigenvalue weighted by atomic mass is 9.96. The second kappa shape index (κ2) is 5.05. The number of thiophene rings is 1. The summed E-state index contributed by atoms with van der Waals surface area (Å²) >= 11 is 1.80. The fourth-order valence-electron chi connectivity index (χ4n) is 3.11. The van der Waals surface area contributed by atoms with E-state index in [1.54, 1.807) is 11.3 Å². The highest BCUT2D eigenvalue weighted by Gasteiger charge is 2.11. The molecule has 0 atom stereocenters. The Bertz CT molecular complexity index is 883. The van der Waals surface area contributed by atoms with Gasteiger partial charge >= 0.3 is 0 Å². The minimum Gasteiger partial charge on any atom is -0.398 e. The van der Waals surface area contributed by atoms with Gasteiger partial charge in [-0.25, -0.2) is 0 Å². The summed E-state index contributed by atoms with van der Waals surface area (Å²) in [7, 11) is 0. The highest BCUT2D eigenvalue weighted by Crippen LogP contribution is 2.39. The average molecular weight is 291 g/mol. The standard InChI is InChI=1S/C19H17NS/c20-16-10-5-9-15-18-14(12-13-6-2-1-3-7-13)8-4-11-17(18)21-19(15)16/h2,4-11H,1,3,12,20H2. The van der Waals surface area contributed by atoms with Crippen molar-refractivity contribution < 1.29 is 0 Å². The van der Waals surface area contributed by atoms with Crippen molar-refractivity contribution in [1.29, 1.82) is 0 Å². The molecular formula is C19H17NS. The average Bonchev–Trinajstić information content (AvgIpc) is 2.90. The molecule has 0 bridgehead atoms. The molecule has 0 unspecified atom stereocenters. The molecule has 0 spiro atoms. The molecule has 1 aromatic heterocycles. The number of rotatable bonds is 2. The summed E-state index contributed by atoms with van der Waals surface area (Å²) in [6, 6.07) is 12.9. The van der Waals surface area contributed by atoms with E-state index in [2.05, 4.69) is 48.6 Å². The van der Waals surface area contributed by atoms with Crippen LogP contribution in [-0.4, -0.2) is 0 Å². The predicted molar refractivity (Wildman–Crippen MR) is 93.9 cm³/mol. The van der Waals surface area contributed by atoms with Gasteiger partial charge < -0.3 is 5.73 Å². The van der Waals surface area contributed by atoms with Crippen LogP contribution in [-0.2, 0) is 6.42 Å². The van der Waals surface area contributed by atoms with Gasteiger partial charge in [-0.15, -0.1) is 11.3 Å². The van der Waals surface area contributed by atoms with Crippen LogP contribution in [0.5, 0.6) is 0 Å². The largest absolute Gasteiger partial charge is 0.398 e. The number of allylic oxidation sites excluding steroid dienone is 4. The fourth-order valence-corrected chi connectivity index (χ4v) is 4.28. The van der Waals surface area contributed by atoms with Gasteiger partial charge in [0.25, 0.3) is 0 Å². The van der Waals surface area contributed by atoms with Crippen molar-refractivity contribution >= 4 is 37.2 Å². The van der Waals surface area contributed by atoms with Gasteiger partial charge in [0.05, 0.1) is 4.70 Å². The molecule has 3 aromatic rings. The number of nitrogens with two attached hydrogens (primary N) is 1. The Kier molecular flexibility index (Phi) is 3.04. The van der Waals surface area contributed by atoms with Crippen LogP contribution in [0.15, 0.2) is 60.2 Å². The van der Waals surface area contributed by atoms with Crippen molar-refractivity contribution in [3.05, 3.63) is 65.8 Å². The molecule has 0 saturated heterocycles. The highest BCUT2D eigenvalue weighted by atomic mass is 32.1. The molecule has 0 saturated carbocycles. The molecule has 1 aliphatic rings. The van der Waals surface area contributed by atoms with Gasteiger partial charge in [0.1, 0.15) is 0 Å². The first-order valence-corrected chi connectivity index (χ1v) is 8.19. The van der Waals surface area contributed by atoms with Crippen molar-refractivity contribution in [2.24, 2.45) is 0 Å². The van der Waals surface area contributed by atoms with E-state index in [-0.39, 0.29) is 0 Å². The lowest BCUT2D eigenvalue weighted by molar-refractivity contribution is 0.996. The SMILES string of the molecule is Nc1cccc2c1sc1cccc(CC3=CCCC=C3)c12. The molecule has 1 nitrogen and oxygen atoms in total. The van der Waals surface area contributed by atoms with E-state index in [9.17, 15) is 0 Å². The second-order valence-corrected chi connectivity index (χ2v) is 6.60. The molecule has 2 heteroatoms. The maximum absolute atomic E-state index is 6.14. The van der Waals surface area contributed by atoms with Crippen LogP contribution in [0.4, 0.5) is 5.69 Å². The zero-order valence-corrected chi connectivity index (χ0v) is 12.6. The van der Waals surface area contributed by atoms with Crippen molar-refractivity contribution in [3.8, 4) is 0 Å². The zero-order chi connectivity index (χ0) is 14.2. The van der Waals surface area contributed by atoms with Crippen LogP contribution in [0, 0.1) is 0 Å². The normalized spacial score (nSPS) is 14.8. The minimum atomic E-state index is 0.886. The van der Waals surface area contributed by atoms with Crippen LogP contribution in [0.3, 0.4) is 0 Å². The Hall–Kier alpha value is -2.06. The summed E-state index contributed by atoms with van der Waals surface area (Å²) in [6.45, 7) is 0. The first kappa shape index (κ1) is 12.7. The number of benzene rings is 2. The lowest BCUT2D eigenvalue weighted by Gasteiger charge is -2.08. The number of anilines is 1. The molecular weight excluding hydrogens is 274 g/mol. The van der Waals surface area contributed by atoms with Crippen LogP contribution in [0.1, 0.15) is 18.4 Å². The smallest absolute Gasteiger partial charge is 0.0584 e. The molecule has 0 fully saturated rings. The molecule has 4 rings (SSSR count). The van der Waals surface area contributed by atoms with Gasteiger partial charge in [0.2, 0.25) is 0 Å². The quantitative estimate of drug-likeness (QED) is 0.624. The maximum Gasteiger partial charge on any atom is 0.0584 e. The van der Waals surface area contributed by atoms with Crippen LogP contribution in [0.2, 0.25) is 0 Å². The number of hydrogen-bond acceptors (Lipinski definition) is 2. The van der Waals surface area contributed by atoms with Crippen LogP contribution >= 0.6 is 11.3 Å². The van der Waals surface area contributed by atoms with Crippen molar-refractivity contribution in [3.63, 3.8) is 0 Å². The summed E-state index contributed by atoms with van der Waals surface area (Å²) in [5.74, 6) is 0. The highest BCUT2D eigenvalue weighted by molar-refractivity contribution is 7.26. The number of hydrogen-bond donors (Lipinski definition) is 1. The number of fused-ring (bicyclic) bond motifs is 3. The first-order valence-electron chi connectivity index (χ1n) is 7.37. The van der Waals surface area contributed by atoms with Crippen molar-refractivity contribution in [2.75, 3.05) is 5.73 Å². The van der Waals surface area contributed by atoms with E-state index in [1.165, 1.54) is 44.2 Å². The Morgan fingerprint density at radius 3 is 2.81 bits per heavy atom. The topological polar surface area (TPSA) is 26.0 Å². The minimum absolute atomic E-state index is 0.886. The third-order valence-corrected chi connectivity index (χ3v) is 5.33. The summed E-state index contributed by atoms with van der Waals surface area (Å²) in [6.07, 6.45) is 10.3.